The van der Waals surface area contributed by atoms with Crippen LogP contribution in [-0.4, -0.2) is 55.6 Å². The molecular weight excluding hydrogens is 326 g/mol. The van der Waals surface area contributed by atoms with Crippen LogP contribution in [0.25, 0.3) is 0 Å². The first kappa shape index (κ1) is 21.2. The summed E-state index contributed by atoms with van der Waals surface area (Å²) in [7, 11) is 0. The Kier molecular flexibility index (Phi) is 7.93. The SMILES string of the molecule is CCOCC1CCN(CC(O)COc2ccc(C(C)(C)C)cc2C)CC1. The van der Waals surface area contributed by atoms with Gasteiger partial charge in [0.15, 0.2) is 0 Å². The summed E-state index contributed by atoms with van der Waals surface area (Å²) in [5, 5.41) is 10.4. The molecule has 1 fully saturated rings. The van der Waals surface area contributed by atoms with Crippen molar-refractivity contribution in [3.05, 3.63) is 29.3 Å². The van der Waals surface area contributed by atoms with E-state index in [-0.39, 0.29) is 5.41 Å². The van der Waals surface area contributed by atoms with Gasteiger partial charge in [0.1, 0.15) is 18.5 Å². The molecule has 1 aromatic carbocycles. The molecule has 1 heterocycles. The average molecular weight is 364 g/mol. The van der Waals surface area contributed by atoms with E-state index in [1.807, 2.05) is 13.0 Å². The van der Waals surface area contributed by atoms with Gasteiger partial charge in [-0.25, -0.2) is 0 Å². The lowest BCUT2D eigenvalue weighted by Gasteiger charge is -2.33. The lowest BCUT2D eigenvalue weighted by molar-refractivity contribution is 0.0378. The number of hydrogen-bond acceptors (Lipinski definition) is 4. The highest BCUT2D eigenvalue weighted by Gasteiger charge is 2.21. The monoisotopic (exact) mass is 363 g/mol. The Hall–Kier alpha value is -1.10. The fourth-order valence-corrected chi connectivity index (χ4v) is 3.43. The fraction of sp³-hybridized carbons (Fsp3) is 0.727. The van der Waals surface area contributed by atoms with Crippen LogP contribution in [0.5, 0.6) is 5.75 Å². The van der Waals surface area contributed by atoms with Gasteiger partial charge in [0, 0.05) is 19.8 Å². The lowest BCUT2D eigenvalue weighted by atomic mass is 9.86. The second kappa shape index (κ2) is 9.72. The zero-order chi connectivity index (χ0) is 19.2. The number of nitrogens with zero attached hydrogens (tertiary/aromatic N) is 1. The molecule has 1 N–H and O–H groups in total. The van der Waals surface area contributed by atoms with E-state index in [0.29, 0.717) is 19.1 Å². The molecule has 26 heavy (non-hydrogen) atoms. The Labute approximate surface area is 159 Å². The molecule has 1 aromatic rings. The van der Waals surface area contributed by atoms with E-state index in [1.165, 1.54) is 5.56 Å². The molecular formula is C22H37NO3. The van der Waals surface area contributed by atoms with Crippen molar-refractivity contribution in [2.75, 3.05) is 39.5 Å². The lowest BCUT2D eigenvalue weighted by Crippen LogP contribution is -2.41. The van der Waals surface area contributed by atoms with Crippen LogP contribution >= 0.6 is 0 Å². The normalized spacial score (nSPS) is 18.1. The van der Waals surface area contributed by atoms with E-state index in [1.54, 1.807) is 0 Å². The number of aliphatic hydroxyl groups is 1. The van der Waals surface area contributed by atoms with Gasteiger partial charge < -0.3 is 19.5 Å². The molecule has 2 rings (SSSR count). The van der Waals surface area contributed by atoms with Gasteiger partial charge in [0.2, 0.25) is 0 Å². The molecule has 1 saturated heterocycles. The van der Waals surface area contributed by atoms with Crippen LogP contribution in [0.15, 0.2) is 18.2 Å². The number of aliphatic hydroxyl groups excluding tert-OH is 1. The van der Waals surface area contributed by atoms with E-state index in [2.05, 4.69) is 44.7 Å². The fourth-order valence-electron chi connectivity index (χ4n) is 3.43. The molecule has 1 atom stereocenters. The molecule has 148 valence electrons. The van der Waals surface area contributed by atoms with Gasteiger partial charge in [-0.2, -0.15) is 0 Å². The third kappa shape index (κ3) is 6.57. The number of β-amino-alcohol motifs (C(OH)–C–C–N with tert-alkyl or cyclic N) is 1. The van der Waals surface area contributed by atoms with Crippen molar-refractivity contribution >= 4 is 0 Å². The predicted octanol–water partition coefficient (Wildman–Crippen LogP) is 3.78. The number of benzene rings is 1. The maximum atomic E-state index is 10.4. The van der Waals surface area contributed by atoms with Gasteiger partial charge >= 0.3 is 0 Å². The highest BCUT2D eigenvalue weighted by Crippen LogP contribution is 2.27. The number of piperidine rings is 1. The van der Waals surface area contributed by atoms with Crippen molar-refractivity contribution < 1.29 is 14.6 Å². The molecule has 1 aliphatic rings. The Morgan fingerprint density at radius 3 is 2.50 bits per heavy atom. The van der Waals surface area contributed by atoms with Gasteiger partial charge in [-0.15, -0.1) is 0 Å². The zero-order valence-corrected chi connectivity index (χ0v) is 17.3. The minimum Gasteiger partial charge on any atom is -0.491 e. The van der Waals surface area contributed by atoms with Crippen molar-refractivity contribution in [2.24, 2.45) is 5.92 Å². The molecule has 0 amide bonds. The first-order chi connectivity index (χ1) is 12.3. The molecule has 0 aromatic heterocycles. The standard InChI is InChI=1S/C22H37NO3/c1-6-25-15-18-9-11-23(12-10-18)14-20(24)16-26-21-8-7-19(13-17(21)2)22(3,4)5/h7-8,13,18,20,24H,6,9-12,14-16H2,1-5H3. The molecule has 0 spiro atoms. The van der Waals surface area contributed by atoms with E-state index in [9.17, 15) is 5.11 Å². The van der Waals surface area contributed by atoms with Crippen LogP contribution in [-0.2, 0) is 10.2 Å². The Morgan fingerprint density at radius 2 is 1.92 bits per heavy atom. The van der Waals surface area contributed by atoms with Gasteiger partial charge in [-0.1, -0.05) is 32.9 Å². The molecule has 0 saturated carbocycles. The van der Waals surface area contributed by atoms with Crippen molar-refractivity contribution in [3.8, 4) is 5.75 Å². The summed E-state index contributed by atoms with van der Waals surface area (Å²) in [6.45, 7) is 15.5. The van der Waals surface area contributed by atoms with Crippen molar-refractivity contribution in [1.82, 2.24) is 4.90 Å². The van der Waals surface area contributed by atoms with Crippen LogP contribution in [0.2, 0.25) is 0 Å². The molecule has 0 aliphatic carbocycles. The van der Waals surface area contributed by atoms with Gasteiger partial charge in [-0.05, 0) is 68.3 Å². The first-order valence-electron chi connectivity index (χ1n) is 10.0. The Bertz CT molecular complexity index is 545. The largest absolute Gasteiger partial charge is 0.491 e. The van der Waals surface area contributed by atoms with Gasteiger partial charge in [-0.3, -0.25) is 0 Å². The number of ether oxygens (including phenoxy) is 2. The summed E-state index contributed by atoms with van der Waals surface area (Å²) in [6, 6.07) is 6.34. The predicted molar refractivity (Wildman–Crippen MR) is 107 cm³/mol. The summed E-state index contributed by atoms with van der Waals surface area (Å²) in [6.07, 6.45) is 1.85. The maximum Gasteiger partial charge on any atom is 0.122 e. The molecule has 0 radical (unpaired) electrons. The molecule has 0 bridgehead atoms. The average Bonchev–Trinajstić information content (AvgIpc) is 2.59. The topological polar surface area (TPSA) is 41.9 Å². The number of hydrogen-bond donors (Lipinski definition) is 1. The van der Waals surface area contributed by atoms with Gasteiger partial charge in [0.05, 0.1) is 0 Å². The highest BCUT2D eigenvalue weighted by molar-refractivity contribution is 5.38. The minimum atomic E-state index is -0.458. The second-order valence-electron chi connectivity index (χ2n) is 8.60. The van der Waals surface area contributed by atoms with Crippen LogP contribution in [0, 0.1) is 12.8 Å². The highest BCUT2D eigenvalue weighted by atomic mass is 16.5. The number of likely N-dealkylation sites (tertiary alicyclic amines) is 1. The summed E-state index contributed by atoms with van der Waals surface area (Å²) >= 11 is 0. The van der Waals surface area contributed by atoms with E-state index in [4.69, 9.17) is 9.47 Å². The number of rotatable bonds is 8. The van der Waals surface area contributed by atoms with Crippen LogP contribution < -0.4 is 4.74 Å². The quantitative estimate of drug-likeness (QED) is 0.763. The summed E-state index contributed by atoms with van der Waals surface area (Å²) in [4.78, 5) is 2.34. The van der Waals surface area contributed by atoms with Crippen LogP contribution in [0.3, 0.4) is 0 Å². The molecule has 4 nitrogen and oxygen atoms in total. The van der Waals surface area contributed by atoms with Gasteiger partial charge in [0.25, 0.3) is 0 Å². The Balaban J connectivity index is 1.75. The smallest absolute Gasteiger partial charge is 0.122 e. The van der Waals surface area contributed by atoms with Crippen molar-refractivity contribution in [2.45, 2.75) is 59.0 Å². The summed E-state index contributed by atoms with van der Waals surface area (Å²) < 4.78 is 11.4. The van der Waals surface area contributed by atoms with Crippen LogP contribution in [0.1, 0.15) is 51.7 Å². The van der Waals surface area contributed by atoms with Crippen molar-refractivity contribution in [3.63, 3.8) is 0 Å². The van der Waals surface area contributed by atoms with E-state index in [0.717, 1.165) is 50.5 Å². The summed E-state index contributed by atoms with van der Waals surface area (Å²) in [5.41, 5.74) is 2.57. The first-order valence-corrected chi connectivity index (χ1v) is 10.0. The Morgan fingerprint density at radius 1 is 1.23 bits per heavy atom. The summed E-state index contributed by atoms with van der Waals surface area (Å²) in [5.74, 6) is 1.54. The van der Waals surface area contributed by atoms with Crippen molar-refractivity contribution in [1.29, 1.82) is 0 Å². The third-order valence-electron chi connectivity index (χ3n) is 5.21. The second-order valence-corrected chi connectivity index (χ2v) is 8.60. The van der Waals surface area contributed by atoms with Crippen LogP contribution in [0.4, 0.5) is 0 Å². The number of aryl methyl sites for hydroxylation is 1. The zero-order valence-electron chi connectivity index (χ0n) is 17.3. The minimum absolute atomic E-state index is 0.136. The maximum absolute atomic E-state index is 10.4. The molecule has 1 aliphatic heterocycles. The van der Waals surface area contributed by atoms with E-state index >= 15 is 0 Å². The molecule has 1 unspecified atom stereocenters. The third-order valence-corrected chi connectivity index (χ3v) is 5.21. The molecule has 4 heteroatoms. The van der Waals surface area contributed by atoms with E-state index < -0.39 is 6.10 Å².